The van der Waals surface area contributed by atoms with E-state index < -0.39 is 0 Å². The summed E-state index contributed by atoms with van der Waals surface area (Å²) in [6.07, 6.45) is 0. The minimum Gasteiger partial charge on any atom is -0.456 e. The lowest BCUT2D eigenvalue weighted by Crippen LogP contribution is -2.01. The van der Waals surface area contributed by atoms with E-state index in [0.29, 0.717) is 17.5 Å². The fraction of sp³-hybridized carbons (Fsp3) is 0. The van der Waals surface area contributed by atoms with Crippen molar-refractivity contribution in [2.75, 3.05) is 0 Å². The standard InChI is InChI=1S/C45H27N3O/c1-2-13-30(14-3-1)43-46-44(37-20-10-17-28-11-6-8-18-34(28)37)48-45(47-43)38-24-21-29-12-7-9-19-35(29)42(38)33-22-23-36-39-25-31-15-4-5-16-32(31)26-41(39)49-40(36)27-33/h1-27H. The maximum Gasteiger partial charge on any atom is 0.164 e. The van der Waals surface area contributed by atoms with E-state index in [9.17, 15) is 0 Å². The van der Waals surface area contributed by atoms with Crippen molar-refractivity contribution in [3.63, 3.8) is 0 Å². The van der Waals surface area contributed by atoms with Crippen LogP contribution in [0, 0.1) is 0 Å². The predicted molar refractivity (Wildman–Crippen MR) is 201 cm³/mol. The second-order valence-corrected chi connectivity index (χ2v) is 12.4. The molecule has 2 aromatic heterocycles. The lowest BCUT2D eigenvalue weighted by Gasteiger charge is -2.15. The number of nitrogens with zero attached hydrogens (tertiary/aromatic N) is 3. The molecule has 228 valence electrons. The number of fused-ring (bicyclic) bond motifs is 6. The molecule has 0 radical (unpaired) electrons. The Hall–Kier alpha value is -6.65. The number of furan rings is 1. The molecule has 0 aliphatic carbocycles. The zero-order valence-electron chi connectivity index (χ0n) is 26.3. The monoisotopic (exact) mass is 625 g/mol. The van der Waals surface area contributed by atoms with Gasteiger partial charge in [0.15, 0.2) is 17.5 Å². The van der Waals surface area contributed by atoms with Crippen molar-refractivity contribution in [3.05, 3.63) is 164 Å². The van der Waals surface area contributed by atoms with E-state index in [-0.39, 0.29) is 0 Å². The first-order valence-electron chi connectivity index (χ1n) is 16.4. The molecular formula is C45H27N3O. The Labute approximate surface area is 282 Å². The molecule has 10 rings (SSSR count). The van der Waals surface area contributed by atoms with E-state index in [1.165, 1.54) is 5.39 Å². The molecule has 4 heteroatoms. The van der Waals surface area contributed by atoms with Crippen LogP contribution in [0.3, 0.4) is 0 Å². The number of rotatable bonds is 4. The maximum absolute atomic E-state index is 6.53. The van der Waals surface area contributed by atoms with Gasteiger partial charge in [0.05, 0.1) is 0 Å². The Bertz CT molecular complexity index is 2890. The molecule has 0 N–H and O–H groups in total. The number of hydrogen-bond donors (Lipinski definition) is 0. The van der Waals surface area contributed by atoms with Gasteiger partial charge in [0.2, 0.25) is 0 Å². The van der Waals surface area contributed by atoms with Crippen molar-refractivity contribution in [2.24, 2.45) is 0 Å². The highest BCUT2D eigenvalue weighted by Gasteiger charge is 2.20. The lowest BCUT2D eigenvalue weighted by molar-refractivity contribution is 0.669. The molecule has 0 unspecified atom stereocenters. The van der Waals surface area contributed by atoms with Gasteiger partial charge in [-0.05, 0) is 68.2 Å². The summed E-state index contributed by atoms with van der Waals surface area (Å²) in [7, 11) is 0. The largest absolute Gasteiger partial charge is 0.456 e. The Morgan fingerprint density at radius 2 is 0.939 bits per heavy atom. The van der Waals surface area contributed by atoms with Crippen LogP contribution in [0.5, 0.6) is 0 Å². The third-order valence-corrected chi connectivity index (χ3v) is 9.50. The van der Waals surface area contributed by atoms with Crippen LogP contribution in [0.15, 0.2) is 168 Å². The van der Waals surface area contributed by atoms with E-state index >= 15 is 0 Å². The van der Waals surface area contributed by atoms with Crippen molar-refractivity contribution in [3.8, 4) is 45.3 Å². The zero-order chi connectivity index (χ0) is 32.3. The van der Waals surface area contributed by atoms with Crippen LogP contribution in [-0.4, -0.2) is 15.0 Å². The van der Waals surface area contributed by atoms with Crippen LogP contribution < -0.4 is 0 Å². The first-order chi connectivity index (χ1) is 24.3. The van der Waals surface area contributed by atoms with E-state index in [1.54, 1.807) is 0 Å². The average Bonchev–Trinajstić information content (AvgIpc) is 3.52. The minimum atomic E-state index is 0.619. The molecule has 2 heterocycles. The van der Waals surface area contributed by atoms with Crippen molar-refractivity contribution in [1.29, 1.82) is 0 Å². The van der Waals surface area contributed by atoms with Crippen molar-refractivity contribution in [2.45, 2.75) is 0 Å². The van der Waals surface area contributed by atoms with E-state index in [0.717, 1.165) is 76.7 Å². The van der Waals surface area contributed by atoms with E-state index in [1.807, 2.05) is 30.3 Å². The number of aromatic nitrogens is 3. The van der Waals surface area contributed by atoms with Crippen molar-refractivity contribution in [1.82, 2.24) is 15.0 Å². The molecule has 0 fully saturated rings. The molecule has 10 aromatic rings. The first-order valence-corrected chi connectivity index (χ1v) is 16.4. The molecule has 0 atom stereocenters. The minimum absolute atomic E-state index is 0.619. The van der Waals surface area contributed by atoms with E-state index in [4.69, 9.17) is 19.4 Å². The zero-order valence-corrected chi connectivity index (χ0v) is 26.3. The van der Waals surface area contributed by atoms with Gasteiger partial charge in [0, 0.05) is 33.0 Å². The van der Waals surface area contributed by atoms with Gasteiger partial charge in [-0.15, -0.1) is 0 Å². The molecule has 0 aliphatic rings. The highest BCUT2D eigenvalue weighted by Crippen LogP contribution is 2.41. The second-order valence-electron chi connectivity index (χ2n) is 12.4. The van der Waals surface area contributed by atoms with Gasteiger partial charge in [-0.2, -0.15) is 0 Å². The van der Waals surface area contributed by atoms with Crippen molar-refractivity contribution >= 4 is 54.3 Å². The Morgan fingerprint density at radius 1 is 0.327 bits per heavy atom. The fourth-order valence-electron chi connectivity index (χ4n) is 7.14. The highest BCUT2D eigenvalue weighted by atomic mass is 16.3. The molecule has 0 spiro atoms. The molecule has 0 saturated carbocycles. The quantitative estimate of drug-likeness (QED) is 0.195. The summed E-state index contributed by atoms with van der Waals surface area (Å²) in [6, 6.07) is 56.9. The average molecular weight is 626 g/mol. The van der Waals surface area contributed by atoms with Crippen molar-refractivity contribution < 1.29 is 4.42 Å². The van der Waals surface area contributed by atoms with Crippen LogP contribution in [0.25, 0.3) is 99.5 Å². The molecule has 0 aliphatic heterocycles. The molecular weight excluding hydrogens is 599 g/mol. The molecule has 8 aromatic carbocycles. The van der Waals surface area contributed by atoms with Gasteiger partial charge in [-0.1, -0.05) is 133 Å². The summed E-state index contributed by atoms with van der Waals surface area (Å²) < 4.78 is 6.53. The summed E-state index contributed by atoms with van der Waals surface area (Å²) in [6.45, 7) is 0. The maximum atomic E-state index is 6.53. The molecule has 0 amide bonds. The molecule has 0 bridgehead atoms. The summed E-state index contributed by atoms with van der Waals surface area (Å²) in [5.74, 6) is 1.89. The topological polar surface area (TPSA) is 51.8 Å². The first kappa shape index (κ1) is 27.5. The van der Waals surface area contributed by atoms with Gasteiger partial charge in [0.1, 0.15) is 11.2 Å². The SMILES string of the molecule is c1ccc(-c2nc(-c3ccc4ccccc4c3-c3ccc4c(c3)oc3cc5ccccc5cc34)nc(-c3cccc4ccccc34)n2)cc1. The predicted octanol–water partition coefficient (Wildman–Crippen LogP) is 11.9. The summed E-state index contributed by atoms with van der Waals surface area (Å²) >= 11 is 0. The van der Waals surface area contributed by atoms with Gasteiger partial charge >= 0.3 is 0 Å². The highest BCUT2D eigenvalue weighted by molar-refractivity contribution is 6.12. The van der Waals surface area contributed by atoms with Crippen LogP contribution in [0.4, 0.5) is 0 Å². The molecule has 49 heavy (non-hydrogen) atoms. The number of benzene rings is 8. The van der Waals surface area contributed by atoms with E-state index in [2.05, 4.69) is 133 Å². The summed E-state index contributed by atoms with van der Waals surface area (Å²) in [5, 5.41) is 9.07. The Kier molecular flexibility index (Phi) is 6.15. The second kappa shape index (κ2) is 11.0. The van der Waals surface area contributed by atoms with Gasteiger partial charge < -0.3 is 4.42 Å². The van der Waals surface area contributed by atoms with Crippen LogP contribution in [-0.2, 0) is 0 Å². The third kappa shape index (κ3) is 4.57. The molecule has 4 nitrogen and oxygen atoms in total. The Morgan fingerprint density at radius 3 is 1.76 bits per heavy atom. The van der Waals surface area contributed by atoms with Crippen LogP contribution in [0.2, 0.25) is 0 Å². The number of hydrogen-bond acceptors (Lipinski definition) is 4. The summed E-state index contributed by atoms with van der Waals surface area (Å²) in [5.41, 5.74) is 6.66. The third-order valence-electron chi connectivity index (χ3n) is 9.50. The summed E-state index contributed by atoms with van der Waals surface area (Å²) in [4.78, 5) is 15.4. The van der Waals surface area contributed by atoms with Gasteiger partial charge in [-0.25, -0.2) is 15.0 Å². The molecule has 0 saturated heterocycles. The van der Waals surface area contributed by atoms with Gasteiger partial charge in [-0.3, -0.25) is 0 Å². The van der Waals surface area contributed by atoms with Crippen LogP contribution >= 0.6 is 0 Å². The Balaban J connectivity index is 1.24. The fourth-order valence-corrected chi connectivity index (χ4v) is 7.14. The van der Waals surface area contributed by atoms with Crippen LogP contribution in [0.1, 0.15) is 0 Å². The lowest BCUT2D eigenvalue weighted by atomic mass is 9.92. The normalized spacial score (nSPS) is 11.7. The van der Waals surface area contributed by atoms with Gasteiger partial charge in [0.25, 0.3) is 0 Å². The smallest absolute Gasteiger partial charge is 0.164 e.